The molecule has 2 aromatic rings. The summed E-state index contributed by atoms with van der Waals surface area (Å²) in [4.78, 5) is 33.9. The molecule has 2 fully saturated rings. The lowest BCUT2D eigenvalue weighted by Crippen LogP contribution is -2.39. The zero-order valence-corrected chi connectivity index (χ0v) is 16.8. The van der Waals surface area contributed by atoms with Crippen molar-refractivity contribution in [2.75, 3.05) is 18.8 Å². The first-order chi connectivity index (χ1) is 12.7. The van der Waals surface area contributed by atoms with Gasteiger partial charge < -0.3 is 15.2 Å². The number of fused-ring (bicyclic) bond motifs is 3. The summed E-state index contributed by atoms with van der Waals surface area (Å²) >= 11 is 1.64. The highest BCUT2D eigenvalue weighted by Gasteiger charge is 2.30. The summed E-state index contributed by atoms with van der Waals surface area (Å²) in [6, 6.07) is 8.42. The number of hydrogen-bond acceptors (Lipinski definition) is 5. The van der Waals surface area contributed by atoms with Crippen LogP contribution in [0.25, 0.3) is 10.9 Å². The molecule has 2 saturated heterocycles. The zero-order chi connectivity index (χ0) is 17.9. The van der Waals surface area contributed by atoms with Gasteiger partial charge in [-0.05, 0) is 31.4 Å². The number of nitrogens with zero attached hydrogens (tertiary/aromatic N) is 2. The molecule has 6 nitrogen and oxygen atoms in total. The molecule has 146 valence electrons. The number of H-pyrrole nitrogens is 1. The molecule has 1 aromatic carbocycles. The maximum atomic E-state index is 12.5. The smallest absolute Gasteiger partial charge is 0.258 e. The molecule has 0 saturated carbocycles. The number of thioether (sulfide) groups is 1. The highest BCUT2D eigenvalue weighted by molar-refractivity contribution is 7.98. The predicted octanol–water partition coefficient (Wildman–Crippen LogP) is 2.32. The summed E-state index contributed by atoms with van der Waals surface area (Å²) in [5, 5.41) is 4.22. The quantitative estimate of drug-likeness (QED) is 0.742. The number of nitrogens with one attached hydrogen (secondary N) is 2. The molecule has 0 spiro atoms. The van der Waals surface area contributed by atoms with Gasteiger partial charge in [0.15, 0.2) is 0 Å². The Kier molecular flexibility index (Phi) is 6.78. The van der Waals surface area contributed by atoms with Crippen molar-refractivity contribution >= 4 is 41.0 Å². The third-order valence-electron chi connectivity index (χ3n) is 5.24. The van der Waals surface area contributed by atoms with E-state index in [0.717, 1.165) is 30.8 Å². The van der Waals surface area contributed by atoms with Crippen LogP contribution < -0.4 is 10.9 Å². The number of aromatic amines is 1. The van der Waals surface area contributed by atoms with Crippen LogP contribution in [0, 0.1) is 0 Å². The van der Waals surface area contributed by atoms with Gasteiger partial charge >= 0.3 is 0 Å². The number of rotatable bonds is 5. The lowest BCUT2D eigenvalue weighted by atomic mass is 10.1. The Balaban J connectivity index is 0.00000210. The van der Waals surface area contributed by atoms with Gasteiger partial charge in [-0.1, -0.05) is 12.1 Å². The van der Waals surface area contributed by atoms with Crippen molar-refractivity contribution < 1.29 is 4.79 Å². The molecule has 2 N–H and O–H groups in total. The summed E-state index contributed by atoms with van der Waals surface area (Å²) in [6.45, 7) is 1.72. The number of halogens is 1. The minimum absolute atomic E-state index is 0. The van der Waals surface area contributed by atoms with E-state index in [2.05, 4.69) is 15.3 Å². The minimum atomic E-state index is -0.102. The molecule has 8 heteroatoms. The second-order valence-electron chi connectivity index (χ2n) is 7.10. The van der Waals surface area contributed by atoms with Gasteiger partial charge in [-0.2, -0.15) is 11.8 Å². The molecular formula is C19H25ClN4O2S. The van der Waals surface area contributed by atoms with Crippen LogP contribution in [-0.2, 0) is 10.5 Å². The van der Waals surface area contributed by atoms with Crippen LogP contribution in [0.15, 0.2) is 29.1 Å². The monoisotopic (exact) mass is 408 g/mol. The normalized spacial score (nSPS) is 21.7. The maximum absolute atomic E-state index is 12.5. The molecule has 2 unspecified atom stereocenters. The van der Waals surface area contributed by atoms with Crippen molar-refractivity contribution in [3.05, 3.63) is 40.4 Å². The van der Waals surface area contributed by atoms with Gasteiger partial charge in [0, 0.05) is 37.3 Å². The molecule has 3 heterocycles. The molecule has 2 aliphatic rings. The highest BCUT2D eigenvalue weighted by Crippen LogP contribution is 2.21. The van der Waals surface area contributed by atoms with E-state index in [1.54, 1.807) is 17.8 Å². The molecular weight excluding hydrogens is 384 g/mol. The van der Waals surface area contributed by atoms with Crippen LogP contribution >= 0.6 is 24.2 Å². The lowest BCUT2D eigenvalue weighted by Gasteiger charge is -2.24. The van der Waals surface area contributed by atoms with E-state index < -0.39 is 0 Å². The van der Waals surface area contributed by atoms with E-state index in [1.165, 1.54) is 12.8 Å². The minimum Gasteiger partial charge on any atom is -0.341 e. The van der Waals surface area contributed by atoms with E-state index in [-0.39, 0.29) is 23.9 Å². The molecule has 1 aromatic heterocycles. The van der Waals surface area contributed by atoms with Crippen LogP contribution in [0.1, 0.15) is 31.5 Å². The van der Waals surface area contributed by atoms with Crippen LogP contribution in [0.2, 0.25) is 0 Å². The number of likely N-dealkylation sites (tertiary alicyclic amines) is 1. The Morgan fingerprint density at radius 2 is 2.04 bits per heavy atom. The van der Waals surface area contributed by atoms with Gasteiger partial charge in [0.1, 0.15) is 5.82 Å². The van der Waals surface area contributed by atoms with Gasteiger partial charge in [-0.25, -0.2) is 4.98 Å². The van der Waals surface area contributed by atoms with Crippen LogP contribution in [0.5, 0.6) is 0 Å². The van der Waals surface area contributed by atoms with Gasteiger partial charge in [-0.15, -0.1) is 12.4 Å². The number of carbonyl (C=O) groups excluding carboxylic acids is 1. The van der Waals surface area contributed by atoms with Crippen molar-refractivity contribution in [3.8, 4) is 0 Å². The fourth-order valence-electron chi connectivity index (χ4n) is 3.86. The predicted molar refractivity (Wildman–Crippen MR) is 112 cm³/mol. The van der Waals surface area contributed by atoms with Gasteiger partial charge in [0.2, 0.25) is 5.91 Å². The number of hydrogen-bond donors (Lipinski definition) is 2. The van der Waals surface area contributed by atoms with Crippen LogP contribution in [-0.4, -0.2) is 51.7 Å². The largest absolute Gasteiger partial charge is 0.341 e. The summed E-state index contributed by atoms with van der Waals surface area (Å²) in [6.07, 6.45) is 4.04. The van der Waals surface area contributed by atoms with Crippen molar-refractivity contribution in [2.45, 2.75) is 43.5 Å². The SMILES string of the molecule is Cl.O=C(CCSCc1nc2ccccc2c(=O)[nH]1)N1CCC2CCC(C1)N2. The fourth-order valence-corrected chi connectivity index (χ4v) is 4.65. The first-order valence-corrected chi connectivity index (χ1v) is 10.4. The standard InChI is InChI=1S/C19H24N4O2S.ClH/c24-18(23-9-7-13-5-6-14(11-23)20-13)8-10-26-12-17-21-16-4-2-1-3-15(16)19(25)22-17;/h1-4,13-14,20H,5-12H2,(H,21,22,25);1H. The van der Waals surface area contributed by atoms with Crippen molar-refractivity contribution in [1.29, 1.82) is 0 Å². The Morgan fingerprint density at radius 1 is 1.22 bits per heavy atom. The number of amides is 1. The first kappa shape index (κ1) is 20.2. The van der Waals surface area contributed by atoms with Crippen molar-refractivity contribution in [1.82, 2.24) is 20.2 Å². The Labute approximate surface area is 168 Å². The van der Waals surface area contributed by atoms with E-state index in [9.17, 15) is 9.59 Å². The fraction of sp³-hybridized carbons (Fsp3) is 0.526. The van der Waals surface area contributed by atoms with E-state index in [4.69, 9.17) is 0 Å². The van der Waals surface area contributed by atoms with Crippen molar-refractivity contribution in [2.24, 2.45) is 0 Å². The van der Waals surface area contributed by atoms with Crippen LogP contribution in [0.4, 0.5) is 0 Å². The van der Waals surface area contributed by atoms with Gasteiger partial charge in [0.05, 0.1) is 16.7 Å². The second kappa shape index (κ2) is 9.08. The summed E-state index contributed by atoms with van der Waals surface area (Å²) < 4.78 is 0. The molecule has 27 heavy (non-hydrogen) atoms. The van der Waals surface area contributed by atoms with E-state index >= 15 is 0 Å². The number of carbonyl (C=O) groups is 1. The van der Waals surface area contributed by atoms with Crippen LogP contribution in [0.3, 0.4) is 0 Å². The molecule has 2 bridgehead atoms. The highest BCUT2D eigenvalue weighted by atomic mass is 35.5. The third kappa shape index (κ3) is 4.83. The second-order valence-corrected chi connectivity index (χ2v) is 8.20. The molecule has 4 rings (SSSR count). The number of aromatic nitrogens is 2. The molecule has 1 amide bonds. The average Bonchev–Trinajstić information content (AvgIpc) is 2.97. The maximum Gasteiger partial charge on any atom is 0.258 e. The summed E-state index contributed by atoms with van der Waals surface area (Å²) in [5.41, 5.74) is 0.615. The summed E-state index contributed by atoms with van der Waals surface area (Å²) in [7, 11) is 0. The van der Waals surface area contributed by atoms with Gasteiger partial charge in [-0.3, -0.25) is 9.59 Å². The first-order valence-electron chi connectivity index (χ1n) is 9.28. The average molecular weight is 409 g/mol. The van der Waals surface area contributed by atoms with Gasteiger partial charge in [0.25, 0.3) is 5.56 Å². The number of benzene rings is 1. The molecule has 2 atom stereocenters. The third-order valence-corrected chi connectivity index (χ3v) is 6.21. The van der Waals surface area contributed by atoms with E-state index in [1.807, 2.05) is 23.1 Å². The molecule has 0 aliphatic carbocycles. The van der Waals surface area contributed by atoms with E-state index in [0.29, 0.717) is 35.5 Å². The Bertz CT molecular complexity index is 859. The Hall–Kier alpha value is -1.57. The molecule has 0 radical (unpaired) electrons. The molecule has 2 aliphatic heterocycles. The topological polar surface area (TPSA) is 78.1 Å². The van der Waals surface area contributed by atoms with Crippen molar-refractivity contribution in [3.63, 3.8) is 0 Å². The zero-order valence-electron chi connectivity index (χ0n) is 15.1. The number of para-hydroxylation sites is 1. The Morgan fingerprint density at radius 3 is 2.93 bits per heavy atom. The summed E-state index contributed by atoms with van der Waals surface area (Å²) in [5.74, 6) is 2.27. The lowest BCUT2D eigenvalue weighted by molar-refractivity contribution is -0.130.